The number of ether oxygens (including phenoxy) is 1. The fourth-order valence-corrected chi connectivity index (χ4v) is 4.99. The van der Waals surface area contributed by atoms with E-state index in [-0.39, 0.29) is 27.8 Å². The molecule has 0 amide bonds. The van der Waals surface area contributed by atoms with Gasteiger partial charge in [0.25, 0.3) is 0 Å². The van der Waals surface area contributed by atoms with Gasteiger partial charge in [-0.25, -0.2) is 18.4 Å². The molecule has 16 heteroatoms. The Bertz CT molecular complexity index is 1570. The highest BCUT2D eigenvalue weighted by Gasteiger charge is 2.48. The van der Waals surface area contributed by atoms with Crippen LogP contribution in [0.15, 0.2) is 42.7 Å². The Labute approximate surface area is 238 Å². The second kappa shape index (κ2) is 10.9. The lowest BCUT2D eigenvalue weighted by Crippen LogP contribution is -2.53. The summed E-state index contributed by atoms with van der Waals surface area (Å²) in [5, 5.41) is 39.7. The van der Waals surface area contributed by atoms with E-state index in [0.29, 0.717) is 0 Å². The van der Waals surface area contributed by atoms with Gasteiger partial charge in [0.05, 0.1) is 24.1 Å². The second-order valence-electron chi connectivity index (χ2n) is 9.30. The topological polar surface area (TPSA) is 118 Å². The SMILES string of the molecule is Cc1nc([C@@H]2OC(CO)[C@H](O)[C@H](n3cc(-c4cc(F)c(Cl)c(F)c4)cn3)C2O)n(-c2cc(Cl)ccc2C(F)(F)F)n1. The van der Waals surface area contributed by atoms with Crippen LogP contribution in [0, 0.1) is 18.6 Å². The van der Waals surface area contributed by atoms with Gasteiger partial charge in [0.2, 0.25) is 0 Å². The number of hydrogen-bond acceptors (Lipinski definition) is 7. The summed E-state index contributed by atoms with van der Waals surface area (Å²) in [4.78, 5) is 4.18. The van der Waals surface area contributed by atoms with E-state index in [1.54, 1.807) is 0 Å². The number of aliphatic hydroxyl groups is 3. The molecule has 3 heterocycles. The fourth-order valence-electron chi connectivity index (χ4n) is 4.71. The first-order valence-corrected chi connectivity index (χ1v) is 12.7. The molecule has 1 saturated heterocycles. The van der Waals surface area contributed by atoms with Crippen molar-refractivity contribution in [2.24, 2.45) is 0 Å². The summed E-state index contributed by atoms with van der Waals surface area (Å²) in [6.45, 7) is 0.660. The Kier molecular flexibility index (Phi) is 7.82. The average molecular weight is 620 g/mol. The van der Waals surface area contributed by atoms with Crippen LogP contribution in [0.5, 0.6) is 0 Å². The molecule has 1 aliphatic heterocycles. The van der Waals surface area contributed by atoms with E-state index in [9.17, 15) is 37.3 Å². The Hall–Kier alpha value is -3.14. The Morgan fingerprint density at radius 1 is 1.02 bits per heavy atom. The third-order valence-electron chi connectivity index (χ3n) is 6.60. The molecule has 9 nitrogen and oxygen atoms in total. The zero-order chi connectivity index (χ0) is 29.8. The molecular weight excluding hydrogens is 600 g/mol. The lowest BCUT2D eigenvalue weighted by molar-refractivity contribution is -0.210. The molecule has 0 spiro atoms. The van der Waals surface area contributed by atoms with Gasteiger partial charge in [-0.15, -0.1) is 0 Å². The molecule has 2 unspecified atom stereocenters. The van der Waals surface area contributed by atoms with E-state index in [1.165, 1.54) is 19.3 Å². The number of aryl methyl sites for hydroxylation is 1. The van der Waals surface area contributed by atoms with Crippen molar-refractivity contribution in [3.63, 3.8) is 0 Å². The van der Waals surface area contributed by atoms with Crippen molar-refractivity contribution < 1.29 is 42.0 Å². The van der Waals surface area contributed by atoms with Crippen LogP contribution in [-0.4, -0.2) is 64.8 Å². The molecule has 2 aromatic heterocycles. The minimum absolute atomic E-state index is 0.0280. The number of rotatable bonds is 5. The molecule has 2 aromatic carbocycles. The second-order valence-corrected chi connectivity index (χ2v) is 10.1. The van der Waals surface area contributed by atoms with Crippen molar-refractivity contribution in [1.29, 1.82) is 0 Å². The summed E-state index contributed by atoms with van der Waals surface area (Å²) < 4.78 is 77.3. The van der Waals surface area contributed by atoms with Crippen LogP contribution in [0.4, 0.5) is 22.0 Å². The van der Waals surface area contributed by atoms with Gasteiger partial charge in [0, 0.05) is 16.8 Å². The summed E-state index contributed by atoms with van der Waals surface area (Å²) in [6, 6.07) is 3.44. The molecule has 218 valence electrons. The van der Waals surface area contributed by atoms with Gasteiger partial charge in [0.1, 0.15) is 52.9 Å². The molecule has 0 radical (unpaired) electrons. The molecule has 1 aliphatic rings. The summed E-state index contributed by atoms with van der Waals surface area (Å²) in [5.74, 6) is -2.28. The van der Waals surface area contributed by atoms with Crippen LogP contribution >= 0.6 is 23.2 Å². The lowest BCUT2D eigenvalue weighted by atomic mass is 9.92. The van der Waals surface area contributed by atoms with E-state index >= 15 is 0 Å². The quantitative estimate of drug-likeness (QED) is 0.223. The minimum Gasteiger partial charge on any atom is -0.394 e. The Morgan fingerprint density at radius 2 is 1.71 bits per heavy atom. The van der Waals surface area contributed by atoms with Gasteiger partial charge in [-0.2, -0.15) is 23.4 Å². The predicted molar refractivity (Wildman–Crippen MR) is 134 cm³/mol. The molecule has 0 saturated carbocycles. The van der Waals surface area contributed by atoms with Crippen molar-refractivity contribution >= 4 is 23.2 Å². The maximum absolute atomic E-state index is 14.0. The van der Waals surface area contributed by atoms with Crippen LogP contribution in [0.1, 0.15) is 29.4 Å². The number of alkyl halides is 3. The number of hydrogen-bond donors (Lipinski definition) is 3. The number of benzene rings is 2. The first-order chi connectivity index (χ1) is 19.3. The van der Waals surface area contributed by atoms with Gasteiger partial charge in [-0.1, -0.05) is 23.2 Å². The van der Waals surface area contributed by atoms with Crippen molar-refractivity contribution in [2.75, 3.05) is 6.61 Å². The van der Waals surface area contributed by atoms with Crippen molar-refractivity contribution in [1.82, 2.24) is 24.5 Å². The standard InChI is InChI=1S/C25H20Cl2F5N5O4/c1-10-34-24(37(35-10)17-6-13(26)2-3-14(17)25(30,31)32)23-22(40)20(21(39)18(9-38)41-23)36-8-12(7-33-36)11-4-15(28)19(27)16(29)5-11/h2-8,18,20-23,38-40H,9H2,1H3/t18?,20-,21-,22?,23+/m0/s1. The first kappa shape index (κ1) is 29.4. The zero-order valence-corrected chi connectivity index (χ0v) is 22.3. The smallest absolute Gasteiger partial charge is 0.394 e. The van der Waals surface area contributed by atoms with Crippen LogP contribution in [0.25, 0.3) is 16.8 Å². The van der Waals surface area contributed by atoms with Gasteiger partial charge in [-0.3, -0.25) is 4.68 Å². The average Bonchev–Trinajstić information content (AvgIpc) is 3.53. The molecule has 1 fully saturated rings. The first-order valence-electron chi connectivity index (χ1n) is 11.9. The maximum Gasteiger partial charge on any atom is 0.418 e. The monoisotopic (exact) mass is 619 g/mol. The predicted octanol–water partition coefficient (Wildman–Crippen LogP) is 4.44. The van der Waals surface area contributed by atoms with Gasteiger partial charge in [-0.05, 0) is 42.8 Å². The van der Waals surface area contributed by atoms with E-state index < -0.39 is 71.1 Å². The Morgan fingerprint density at radius 3 is 2.34 bits per heavy atom. The number of nitrogens with zero attached hydrogens (tertiary/aromatic N) is 5. The molecule has 4 aromatic rings. The molecule has 41 heavy (non-hydrogen) atoms. The summed E-state index contributed by atoms with van der Waals surface area (Å²) >= 11 is 11.6. The van der Waals surface area contributed by atoms with Crippen molar-refractivity contribution in [2.45, 2.75) is 43.6 Å². The van der Waals surface area contributed by atoms with Gasteiger partial charge < -0.3 is 20.1 Å². The van der Waals surface area contributed by atoms with Gasteiger partial charge in [0.15, 0.2) is 5.82 Å². The van der Waals surface area contributed by atoms with Gasteiger partial charge >= 0.3 is 6.18 Å². The maximum atomic E-state index is 14.0. The van der Waals surface area contributed by atoms with E-state index in [2.05, 4.69) is 15.2 Å². The highest BCUT2D eigenvalue weighted by molar-refractivity contribution is 6.31. The van der Waals surface area contributed by atoms with E-state index in [4.69, 9.17) is 27.9 Å². The molecular formula is C25H20Cl2F5N5O4. The molecule has 5 rings (SSSR count). The minimum atomic E-state index is -4.80. The van der Waals surface area contributed by atoms with Crippen LogP contribution in [0.2, 0.25) is 10.0 Å². The molecule has 0 bridgehead atoms. The number of aliphatic hydroxyl groups excluding tert-OH is 3. The number of aromatic nitrogens is 5. The third-order valence-corrected chi connectivity index (χ3v) is 7.20. The highest BCUT2D eigenvalue weighted by atomic mass is 35.5. The van der Waals surface area contributed by atoms with Crippen LogP contribution < -0.4 is 0 Å². The highest BCUT2D eigenvalue weighted by Crippen LogP contribution is 2.41. The molecule has 5 atom stereocenters. The van der Waals surface area contributed by atoms with Crippen LogP contribution in [-0.2, 0) is 10.9 Å². The summed E-state index contributed by atoms with van der Waals surface area (Å²) in [7, 11) is 0. The fraction of sp³-hybridized carbons (Fsp3) is 0.320. The van der Waals surface area contributed by atoms with Crippen molar-refractivity contribution in [3.05, 3.63) is 81.6 Å². The van der Waals surface area contributed by atoms with E-state index in [0.717, 1.165) is 39.7 Å². The number of halogens is 7. The molecule has 0 aliphatic carbocycles. The molecule has 3 N–H and O–H groups in total. The zero-order valence-electron chi connectivity index (χ0n) is 20.8. The Balaban J connectivity index is 1.58. The van der Waals surface area contributed by atoms with E-state index in [1.807, 2.05) is 0 Å². The lowest BCUT2D eigenvalue weighted by Gasteiger charge is -2.42. The third kappa shape index (κ3) is 5.43. The largest absolute Gasteiger partial charge is 0.418 e. The summed E-state index contributed by atoms with van der Waals surface area (Å²) in [5.41, 5.74) is -1.34. The van der Waals surface area contributed by atoms with Crippen LogP contribution in [0.3, 0.4) is 0 Å². The summed E-state index contributed by atoms with van der Waals surface area (Å²) in [6.07, 6.45) is -8.47. The van der Waals surface area contributed by atoms with Crippen molar-refractivity contribution in [3.8, 4) is 16.8 Å². The normalized spacial score (nSPS) is 23.2.